The molecule has 1 aliphatic rings. The lowest BCUT2D eigenvalue weighted by molar-refractivity contribution is -0.115. The van der Waals surface area contributed by atoms with Crippen molar-refractivity contribution in [3.8, 4) is 17.1 Å². The number of benzene rings is 2. The van der Waals surface area contributed by atoms with Crippen LogP contribution in [0.2, 0.25) is 0 Å². The van der Waals surface area contributed by atoms with E-state index in [4.69, 9.17) is 9.26 Å². The van der Waals surface area contributed by atoms with Crippen molar-refractivity contribution in [3.63, 3.8) is 0 Å². The molecule has 1 heterocycles. The summed E-state index contributed by atoms with van der Waals surface area (Å²) < 4.78 is 10.3. The molecule has 1 amide bonds. The number of amides is 1. The third-order valence-corrected chi connectivity index (χ3v) is 4.53. The fourth-order valence-corrected chi connectivity index (χ4v) is 2.83. The molecule has 1 fully saturated rings. The van der Waals surface area contributed by atoms with Crippen LogP contribution < -0.4 is 10.1 Å². The Morgan fingerprint density at radius 1 is 1.11 bits per heavy atom. The van der Waals surface area contributed by atoms with Gasteiger partial charge in [0.1, 0.15) is 12.2 Å². The largest absolute Gasteiger partial charge is 0.497 e. The normalized spacial score (nSPS) is 13.2. The molecule has 0 atom stereocenters. The molecule has 142 valence electrons. The van der Waals surface area contributed by atoms with E-state index in [1.807, 2.05) is 12.1 Å². The third-order valence-electron chi connectivity index (χ3n) is 4.53. The molecule has 7 heteroatoms. The highest BCUT2D eigenvalue weighted by Crippen LogP contribution is 2.32. The minimum Gasteiger partial charge on any atom is -0.497 e. The van der Waals surface area contributed by atoms with Crippen molar-refractivity contribution in [2.24, 2.45) is 5.92 Å². The van der Waals surface area contributed by atoms with Gasteiger partial charge in [-0.3, -0.25) is 9.59 Å². The topological polar surface area (TPSA) is 94.3 Å². The Kier molecular flexibility index (Phi) is 4.89. The summed E-state index contributed by atoms with van der Waals surface area (Å²) in [6.07, 6.45) is 1.91. The average molecular weight is 377 g/mol. The van der Waals surface area contributed by atoms with Crippen molar-refractivity contribution in [1.82, 2.24) is 10.1 Å². The van der Waals surface area contributed by atoms with Crippen molar-refractivity contribution in [2.45, 2.75) is 19.3 Å². The van der Waals surface area contributed by atoms with Gasteiger partial charge in [0.2, 0.25) is 17.6 Å². The van der Waals surface area contributed by atoms with Crippen LogP contribution in [0.5, 0.6) is 5.75 Å². The maximum atomic E-state index is 12.2. The molecule has 7 nitrogen and oxygen atoms in total. The first-order valence-corrected chi connectivity index (χ1v) is 9.03. The molecule has 0 bridgehead atoms. The Morgan fingerprint density at radius 2 is 1.82 bits per heavy atom. The molecule has 3 aromatic rings. The highest BCUT2D eigenvalue weighted by molar-refractivity contribution is 6.00. The van der Waals surface area contributed by atoms with Crippen molar-refractivity contribution >= 4 is 17.4 Å². The number of hydrogen-bond acceptors (Lipinski definition) is 6. The number of Topliss-reactive ketones (excluding diaryl/α,β-unsaturated/α-hetero) is 1. The van der Waals surface area contributed by atoms with Crippen LogP contribution in [0, 0.1) is 5.92 Å². The minimum atomic E-state index is -0.272. The zero-order valence-corrected chi connectivity index (χ0v) is 15.3. The van der Waals surface area contributed by atoms with Gasteiger partial charge >= 0.3 is 0 Å². The second-order valence-electron chi connectivity index (χ2n) is 6.68. The van der Waals surface area contributed by atoms with Crippen molar-refractivity contribution in [2.75, 3.05) is 12.4 Å². The Morgan fingerprint density at radius 3 is 2.46 bits per heavy atom. The first-order chi connectivity index (χ1) is 13.6. The first kappa shape index (κ1) is 17.9. The number of methoxy groups -OCH3 is 1. The molecule has 0 radical (unpaired) electrons. The Hall–Kier alpha value is -3.48. The summed E-state index contributed by atoms with van der Waals surface area (Å²) >= 11 is 0. The van der Waals surface area contributed by atoms with Gasteiger partial charge in [0.25, 0.3) is 0 Å². The van der Waals surface area contributed by atoms with Crippen LogP contribution >= 0.6 is 0 Å². The zero-order chi connectivity index (χ0) is 19.5. The molecule has 1 aromatic heterocycles. The van der Waals surface area contributed by atoms with Crippen molar-refractivity contribution in [3.05, 3.63) is 60.0 Å². The predicted octanol–water partition coefficient (Wildman–Crippen LogP) is 3.52. The smallest absolute Gasteiger partial charge is 0.236 e. The van der Waals surface area contributed by atoms with Crippen molar-refractivity contribution < 1.29 is 18.8 Å². The molecule has 0 spiro atoms. The van der Waals surface area contributed by atoms with Gasteiger partial charge in [0.15, 0.2) is 5.78 Å². The van der Waals surface area contributed by atoms with Crippen LogP contribution in [0.15, 0.2) is 53.1 Å². The van der Waals surface area contributed by atoms with E-state index < -0.39 is 0 Å². The summed E-state index contributed by atoms with van der Waals surface area (Å²) in [5.41, 5.74) is 2.07. The van der Waals surface area contributed by atoms with E-state index in [-0.39, 0.29) is 29.9 Å². The van der Waals surface area contributed by atoms with Crippen LogP contribution in [0.3, 0.4) is 0 Å². The van der Waals surface area contributed by atoms with E-state index in [9.17, 15) is 9.59 Å². The molecule has 1 N–H and O–H groups in total. The number of aromatic nitrogens is 2. The molecular weight excluding hydrogens is 358 g/mol. The van der Waals surface area contributed by atoms with Gasteiger partial charge in [-0.2, -0.15) is 4.98 Å². The summed E-state index contributed by atoms with van der Waals surface area (Å²) in [6, 6.07) is 14.2. The van der Waals surface area contributed by atoms with E-state index >= 15 is 0 Å². The molecule has 28 heavy (non-hydrogen) atoms. The standard InChI is InChI=1S/C21H19N3O4/c1-27-17-10-6-15(7-11-17)21-23-19(28-24-21)12-18(25)22-16-8-4-14(5-9-16)20(26)13-2-3-13/h4-11,13H,2-3,12H2,1H3,(H,22,25). The van der Waals surface area contributed by atoms with E-state index in [1.54, 1.807) is 43.5 Å². The maximum Gasteiger partial charge on any atom is 0.236 e. The summed E-state index contributed by atoms with van der Waals surface area (Å²) in [5, 5.41) is 6.68. The van der Waals surface area contributed by atoms with Gasteiger partial charge < -0.3 is 14.6 Å². The molecular formula is C21H19N3O4. The number of anilines is 1. The fourth-order valence-electron chi connectivity index (χ4n) is 2.83. The van der Waals surface area contributed by atoms with Crippen LogP contribution in [0.4, 0.5) is 5.69 Å². The van der Waals surface area contributed by atoms with Crippen LogP contribution in [-0.4, -0.2) is 28.9 Å². The van der Waals surface area contributed by atoms with Crippen LogP contribution in [-0.2, 0) is 11.2 Å². The zero-order valence-electron chi connectivity index (χ0n) is 15.3. The predicted molar refractivity (Wildman–Crippen MR) is 102 cm³/mol. The number of ketones is 1. The summed E-state index contributed by atoms with van der Waals surface area (Å²) in [4.78, 5) is 28.5. The van der Waals surface area contributed by atoms with E-state index in [2.05, 4.69) is 15.5 Å². The summed E-state index contributed by atoms with van der Waals surface area (Å²) in [6.45, 7) is 0. The second kappa shape index (κ2) is 7.64. The fraction of sp³-hybridized carbons (Fsp3) is 0.238. The lowest BCUT2D eigenvalue weighted by Crippen LogP contribution is -2.14. The quantitative estimate of drug-likeness (QED) is 0.633. The number of ether oxygens (including phenoxy) is 1. The molecule has 1 aliphatic carbocycles. The Labute approximate surface area is 161 Å². The van der Waals surface area contributed by atoms with Crippen LogP contribution in [0.25, 0.3) is 11.4 Å². The van der Waals surface area contributed by atoms with Gasteiger partial charge in [-0.1, -0.05) is 5.16 Å². The molecule has 0 unspecified atom stereocenters. The first-order valence-electron chi connectivity index (χ1n) is 9.03. The monoisotopic (exact) mass is 377 g/mol. The number of carbonyl (C=O) groups excluding carboxylic acids is 2. The second-order valence-corrected chi connectivity index (χ2v) is 6.68. The van der Waals surface area contributed by atoms with Crippen molar-refractivity contribution in [1.29, 1.82) is 0 Å². The third kappa shape index (κ3) is 4.09. The van der Waals surface area contributed by atoms with Gasteiger partial charge in [0.05, 0.1) is 7.11 Å². The van der Waals surface area contributed by atoms with Gasteiger partial charge in [-0.25, -0.2) is 0 Å². The average Bonchev–Trinajstić information content (AvgIpc) is 3.47. The minimum absolute atomic E-state index is 0.0358. The molecule has 1 saturated carbocycles. The number of nitrogens with zero attached hydrogens (tertiary/aromatic N) is 2. The van der Waals surface area contributed by atoms with Gasteiger partial charge in [-0.15, -0.1) is 0 Å². The Balaban J connectivity index is 1.36. The van der Waals surface area contributed by atoms with E-state index in [0.29, 0.717) is 17.1 Å². The number of hydrogen-bond donors (Lipinski definition) is 1. The molecule has 0 aliphatic heterocycles. The molecule has 4 rings (SSSR count). The summed E-state index contributed by atoms with van der Waals surface area (Å²) in [5.74, 6) is 1.45. The number of rotatable bonds is 7. The highest BCUT2D eigenvalue weighted by Gasteiger charge is 2.30. The lowest BCUT2D eigenvalue weighted by atomic mass is 10.1. The highest BCUT2D eigenvalue weighted by atomic mass is 16.5. The maximum absolute atomic E-state index is 12.2. The van der Waals surface area contributed by atoms with Crippen LogP contribution in [0.1, 0.15) is 29.1 Å². The summed E-state index contributed by atoms with van der Waals surface area (Å²) in [7, 11) is 1.60. The number of nitrogens with one attached hydrogen (secondary N) is 1. The lowest BCUT2D eigenvalue weighted by Gasteiger charge is -2.05. The Bertz CT molecular complexity index is 989. The number of carbonyl (C=O) groups is 2. The SMILES string of the molecule is COc1ccc(-c2noc(CC(=O)Nc3ccc(C(=O)C4CC4)cc3)n2)cc1. The van der Waals surface area contributed by atoms with Gasteiger partial charge in [-0.05, 0) is 61.4 Å². The van der Waals surface area contributed by atoms with Gasteiger partial charge in [0, 0.05) is 22.7 Å². The molecule has 0 saturated heterocycles. The van der Waals surface area contributed by atoms with E-state index in [0.717, 1.165) is 24.2 Å². The van der Waals surface area contributed by atoms with E-state index in [1.165, 1.54) is 0 Å². The molecule has 2 aromatic carbocycles.